The smallest absolute Gasteiger partial charge is 0.231 e. The van der Waals surface area contributed by atoms with Crippen LogP contribution in [0, 0.1) is 0 Å². The zero-order valence-electron chi connectivity index (χ0n) is 7.62. The number of hydrogen-bond donors (Lipinski definition) is 0. The van der Waals surface area contributed by atoms with Crippen molar-refractivity contribution in [3.05, 3.63) is 23.8 Å². The van der Waals surface area contributed by atoms with Gasteiger partial charge in [-0.3, -0.25) is 4.79 Å². The van der Waals surface area contributed by atoms with E-state index < -0.39 is 0 Å². The Kier molecular flexibility index (Phi) is 2.33. The van der Waals surface area contributed by atoms with Gasteiger partial charge in [-0.25, -0.2) is 0 Å². The van der Waals surface area contributed by atoms with E-state index in [2.05, 4.69) is 0 Å². The number of carbonyl (C=O) groups excluding carboxylic acids is 1. The molecule has 1 aliphatic heterocycles. The summed E-state index contributed by atoms with van der Waals surface area (Å²) < 4.78 is 10.3. The van der Waals surface area contributed by atoms with Crippen LogP contribution in [0.5, 0.6) is 11.5 Å². The first kappa shape index (κ1) is 9.34. The fourth-order valence-electron chi connectivity index (χ4n) is 1.31. The first-order valence-corrected chi connectivity index (χ1v) is 4.65. The van der Waals surface area contributed by atoms with E-state index in [9.17, 15) is 4.79 Å². The van der Waals surface area contributed by atoms with E-state index >= 15 is 0 Å². The second kappa shape index (κ2) is 3.50. The van der Waals surface area contributed by atoms with Crippen LogP contribution >= 0.6 is 11.6 Å². The monoisotopic (exact) mass is 212 g/mol. The fourth-order valence-corrected chi connectivity index (χ4v) is 1.44. The predicted molar refractivity (Wildman–Crippen MR) is 51.8 cm³/mol. The molecule has 1 aliphatic rings. The first-order chi connectivity index (χ1) is 6.68. The molecule has 14 heavy (non-hydrogen) atoms. The van der Waals surface area contributed by atoms with Crippen molar-refractivity contribution in [1.82, 2.24) is 0 Å². The van der Waals surface area contributed by atoms with E-state index in [0.717, 1.165) is 5.56 Å². The molecule has 0 saturated heterocycles. The topological polar surface area (TPSA) is 35.5 Å². The Bertz CT molecular complexity index is 376. The molecule has 3 nitrogen and oxygen atoms in total. The van der Waals surface area contributed by atoms with Gasteiger partial charge in [-0.05, 0) is 29.3 Å². The van der Waals surface area contributed by atoms with Crippen molar-refractivity contribution in [2.75, 3.05) is 6.79 Å². The molecule has 1 unspecified atom stereocenters. The van der Waals surface area contributed by atoms with Gasteiger partial charge in [0, 0.05) is 0 Å². The molecular formula is C10H9ClO3. The molecule has 74 valence electrons. The van der Waals surface area contributed by atoms with Gasteiger partial charge in [-0.1, -0.05) is 13.0 Å². The van der Waals surface area contributed by atoms with Crippen LogP contribution in [0.4, 0.5) is 0 Å². The second-order valence-electron chi connectivity index (χ2n) is 3.14. The third kappa shape index (κ3) is 1.55. The van der Waals surface area contributed by atoms with Crippen LogP contribution in [0.25, 0.3) is 0 Å². The van der Waals surface area contributed by atoms with Crippen molar-refractivity contribution in [3.63, 3.8) is 0 Å². The SMILES string of the molecule is CC(C(=O)Cl)c1ccc2c(c1)OCO2. The Morgan fingerprint density at radius 2 is 2.14 bits per heavy atom. The molecule has 1 heterocycles. The van der Waals surface area contributed by atoms with Gasteiger partial charge in [0.05, 0.1) is 5.92 Å². The lowest BCUT2D eigenvalue weighted by atomic mass is 10.0. The average molecular weight is 213 g/mol. The summed E-state index contributed by atoms with van der Waals surface area (Å²) in [5, 5.41) is -0.371. The fraction of sp³-hybridized carbons (Fsp3) is 0.300. The van der Waals surface area contributed by atoms with Gasteiger partial charge in [0.2, 0.25) is 12.0 Å². The van der Waals surface area contributed by atoms with Crippen LogP contribution in [0.15, 0.2) is 18.2 Å². The van der Waals surface area contributed by atoms with Gasteiger partial charge < -0.3 is 9.47 Å². The van der Waals surface area contributed by atoms with Crippen molar-refractivity contribution in [2.24, 2.45) is 0 Å². The summed E-state index contributed by atoms with van der Waals surface area (Å²) in [7, 11) is 0. The van der Waals surface area contributed by atoms with E-state index in [1.807, 2.05) is 6.07 Å². The molecule has 0 N–H and O–H groups in total. The van der Waals surface area contributed by atoms with Gasteiger partial charge in [-0.2, -0.15) is 0 Å². The van der Waals surface area contributed by atoms with E-state index in [1.165, 1.54) is 0 Å². The summed E-state index contributed by atoms with van der Waals surface area (Å²) in [6.07, 6.45) is 0. The van der Waals surface area contributed by atoms with Crippen LogP contribution in [0.2, 0.25) is 0 Å². The summed E-state index contributed by atoms with van der Waals surface area (Å²) in [6.45, 7) is 1.99. The highest BCUT2D eigenvalue weighted by molar-refractivity contribution is 6.64. The maximum absolute atomic E-state index is 10.9. The standard InChI is InChI=1S/C10H9ClO3/c1-6(10(11)12)7-2-3-8-9(4-7)14-5-13-8/h2-4,6H,5H2,1H3. The maximum Gasteiger partial charge on any atom is 0.231 e. The maximum atomic E-state index is 10.9. The van der Waals surface area contributed by atoms with Crippen molar-refractivity contribution in [3.8, 4) is 11.5 Å². The minimum atomic E-state index is -0.371. The Morgan fingerprint density at radius 3 is 2.86 bits per heavy atom. The van der Waals surface area contributed by atoms with E-state index in [4.69, 9.17) is 21.1 Å². The minimum Gasteiger partial charge on any atom is -0.454 e. The van der Waals surface area contributed by atoms with Crippen LogP contribution in [0.1, 0.15) is 18.4 Å². The van der Waals surface area contributed by atoms with Gasteiger partial charge in [0.25, 0.3) is 0 Å². The highest BCUT2D eigenvalue weighted by Crippen LogP contribution is 2.34. The molecule has 4 heteroatoms. The summed E-state index contributed by atoms with van der Waals surface area (Å²) in [4.78, 5) is 10.9. The predicted octanol–water partition coefficient (Wildman–Crippen LogP) is 2.28. The molecule has 0 aromatic heterocycles. The molecule has 1 aromatic carbocycles. The number of carbonyl (C=O) groups is 1. The number of benzene rings is 1. The van der Waals surface area contributed by atoms with Crippen LogP contribution < -0.4 is 9.47 Å². The summed E-state index contributed by atoms with van der Waals surface area (Å²) in [6, 6.07) is 5.39. The number of ether oxygens (including phenoxy) is 2. The Hall–Kier alpha value is -1.22. The Labute approximate surface area is 86.6 Å². The molecule has 2 rings (SSSR count). The van der Waals surface area contributed by atoms with Crippen LogP contribution in [0.3, 0.4) is 0 Å². The molecule has 0 saturated carbocycles. The molecule has 0 aliphatic carbocycles. The van der Waals surface area contributed by atoms with Gasteiger partial charge >= 0.3 is 0 Å². The van der Waals surface area contributed by atoms with Crippen molar-refractivity contribution in [1.29, 1.82) is 0 Å². The third-order valence-electron chi connectivity index (χ3n) is 2.24. The normalized spacial score (nSPS) is 15.3. The summed E-state index contributed by atoms with van der Waals surface area (Å²) in [5.74, 6) is 1.07. The van der Waals surface area contributed by atoms with Gasteiger partial charge in [0.15, 0.2) is 11.5 Å². The van der Waals surface area contributed by atoms with Crippen LogP contribution in [-0.4, -0.2) is 12.0 Å². The zero-order valence-corrected chi connectivity index (χ0v) is 8.38. The van der Waals surface area contributed by atoms with Crippen molar-refractivity contribution >= 4 is 16.8 Å². The zero-order chi connectivity index (χ0) is 10.1. The van der Waals surface area contributed by atoms with Gasteiger partial charge in [0.1, 0.15) is 0 Å². The molecule has 0 fully saturated rings. The lowest BCUT2D eigenvalue weighted by Crippen LogP contribution is -2.01. The molecular weight excluding hydrogens is 204 g/mol. The lowest BCUT2D eigenvalue weighted by Gasteiger charge is -2.06. The third-order valence-corrected chi connectivity index (χ3v) is 2.56. The number of halogens is 1. The summed E-state index contributed by atoms with van der Waals surface area (Å²) in [5.41, 5.74) is 0.842. The largest absolute Gasteiger partial charge is 0.454 e. The lowest BCUT2D eigenvalue weighted by molar-refractivity contribution is -0.112. The van der Waals surface area contributed by atoms with E-state index in [1.54, 1.807) is 19.1 Å². The molecule has 1 atom stereocenters. The van der Waals surface area contributed by atoms with E-state index in [0.29, 0.717) is 11.5 Å². The highest BCUT2D eigenvalue weighted by Gasteiger charge is 2.18. The number of rotatable bonds is 2. The number of hydrogen-bond acceptors (Lipinski definition) is 3. The molecule has 0 radical (unpaired) electrons. The first-order valence-electron chi connectivity index (χ1n) is 4.27. The molecule has 0 spiro atoms. The Morgan fingerprint density at radius 1 is 1.43 bits per heavy atom. The summed E-state index contributed by atoms with van der Waals surface area (Å²) >= 11 is 5.40. The number of fused-ring (bicyclic) bond motifs is 1. The van der Waals surface area contributed by atoms with E-state index in [-0.39, 0.29) is 18.0 Å². The second-order valence-corrected chi connectivity index (χ2v) is 3.51. The minimum absolute atomic E-state index is 0.238. The molecule has 1 aromatic rings. The quantitative estimate of drug-likeness (QED) is 0.706. The van der Waals surface area contributed by atoms with Gasteiger partial charge in [-0.15, -0.1) is 0 Å². The van der Waals surface area contributed by atoms with Crippen molar-refractivity contribution in [2.45, 2.75) is 12.8 Å². The molecule has 0 bridgehead atoms. The highest BCUT2D eigenvalue weighted by atomic mass is 35.5. The average Bonchev–Trinajstić information content (AvgIpc) is 2.62. The van der Waals surface area contributed by atoms with Crippen LogP contribution in [-0.2, 0) is 4.79 Å². The Balaban J connectivity index is 2.33. The molecule has 0 amide bonds. The van der Waals surface area contributed by atoms with Crippen molar-refractivity contribution < 1.29 is 14.3 Å².